The summed E-state index contributed by atoms with van der Waals surface area (Å²) in [5.41, 5.74) is 0. The van der Waals surface area contributed by atoms with Gasteiger partial charge in [0.1, 0.15) is 5.01 Å². The minimum absolute atomic E-state index is 0.460. The second-order valence-corrected chi connectivity index (χ2v) is 7.15. The Morgan fingerprint density at radius 2 is 2.28 bits per heavy atom. The van der Waals surface area contributed by atoms with Gasteiger partial charge in [0, 0.05) is 36.2 Å². The van der Waals surface area contributed by atoms with E-state index in [9.17, 15) is 0 Å². The molecule has 0 spiro atoms. The molecule has 100 valence electrons. The molecule has 3 unspecified atom stereocenters. The second kappa shape index (κ2) is 4.91. The molecular formula is C14H23N3S. The fraction of sp³-hybridized carbons (Fsp3) is 0.786. The van der Waals surface area contributed by atoms with E-state index in [2.05, 4.69) is 36.0 Å². The highest BCUT2D eigenvalue weighted by atomic mass is 32.1. The topological polar surface area (TPSA) is 28.2 Å². The van der Waals surface area contributed by atoms with Crippen molar-refractivity contribution in [3.63, 3.8) is 0 Å². The highest BCUT2D eigenvalue weighted by molar-refractivity contribution is 7.11. The molecule has 2 fully saturated rings. The predicted molar refractivity (Wildman–Crippen MR) is 75.9 cm³/mol. The van der Waals surface area contributed by atoms with Crippen LogP contribution in [0.25, 0.3) is 0 Å². The first-order valence-electron chi connectivity index (χ1n) is 7.06. The van der Waals surface area contributed by atoms with Crippen molar-refractivity contribution in [2.24, 2.45) is 5.92 Å². The van der Waals surface area contributed by atoms with Crippen molar-refractivity contribution >= 4 is 11.3 Å². The summed E-state index contributed by atoms with van der Waals surface area (Å²) in [5.74, 6) is 0.935. The molecular weight excluding hydrogens is 242 g/mol. The van der Waals surface area contributed by atoms with Crippen LogP contribution in [0.5, 0.6) is 0 Å². The summed E-state index contributed by atoms with van der Waals surface area (Å²) in [5, 5.41) is 4.99. The molecule has 1 aliphatic heterocycles. The standard InChI is InChI=1S/C14H23N3S/c1-9-6-15-13(12-4-5-12)8-17(9)11(3)14-16-7-10(2)18-14/h7,9,11-13,15H,4-6,8H2,1-3H3. The molecule has 3 nitrogen and oxygen atoms in total. The lowest BCUT2D eigenvalue weighted by atomic mass is 10.0. The Balaban J connectivity index is 1.72. The SMILES string of the molecule is Cc1cnc(C(C)N2CC(C3CC3)NCC2C)s1. The van der Waals surface area contributed by atoms with E-state index in [0.29, 0.717) is 18.1 Å². The second-order valence-electron chi connectivity index (χ2n) is 5.88. The largest absolute Gasteiger partial charge is 0.311 e. The van der Waals surface area contributed by atoms with Gasteiger partial charge in [-0.3, -0.25) is 4.90 Å². The monoisotopic (exact) mass is 265 g/mol. The van der Waals surface area contributed by atoms with Gasteiger partial charge in [-0.2, -0.15) is 0 Å². The molecule has 0 radical (unpaired) electrons. The molecule has 2 aliphatic rings. The molecule has 3 rings (SSSR count). The number of aryl methyl sites for hydroxylation is 1. The Bertz CT molecular complexity index is 413. The molecule has 0 amide bonds. The number of hydrogen-bond acceptors (Lipinski definition) is 4. The number of hydrogen-bond donors (Lipinski definition) is 1. The average Bonchev–Trinajstić information content (AvgIpc) is 3.11. The van der Waals surface area contributed by atoms with Crippen molar-refractivity contribution in [2.75, 3.05) is 13.1 Å². The van der Waals surface area contributed by atoms with Crippen molar-refractivity contribution in [1.82, 2.24) is 15.2 Å². The van der Waals surface area contributed by atoms with Crippen LogP contribution in [0, 0.1) is 12.8 Å². The van der Waals surface area contributed by atoms with Crippen molar-refractivity contribution in [3.05, 3.63) is 16.1 Å². The highest BCUT2D eigenvalue weighted by Gasteiger charge is 2.37. The Morgan fingerprint density at radius 1 is 1.50 bits per heavy atom. The lowest BCUT2D eigenvalue weighted by Gasteiger charge is -2.41. The van der Waals surface area contributed by atoms with Gasteiger partial charge < -0.3 is 5.32 Å². The lowest BCUT2D eigenvalue weighted by Crippen LogP contribution is -2.56. The number of thiazole rings is 1. The van der Waals surface area contributed by atoms with Gasteiger partial charge in [0.05, 0.1) is 6.04 Å². The van der Waals surface area contributed by atoms with Gasteiger partial charge in [-0.15, -0.1) is 11.3 Å². The van der Waals surface area contributed by atoms with Gasteiger partial charge in [0.2, 0.25) is 0 Å². The zero-order valence-corrected chi connectivity index (χ0v) is 12.3. The van der Waals surface area contributed by atoms with E-state index in [1.54, 1.807) is 0 Å². The molecule has 3 atom stereocenters. The van der Waals surface area contributed by atoms with E-state index >= 15 is 0 Å². The molecule has 1 saturated heterocycles. The molecule has 18 heavy (non-hydrogen) atoms. The minimum atomic E-state index is 0.460. The first kappa shape index (κ1) is 12.6. The molecule has 1 N–H and O–H groups in total. The maximum Gasteiger partial charge on any atom is 0.110 e. The third-order valence-corrected chi connectivity index (χ3v) is 5.42. The first-order chi connectivity index (χ1) is 8.65. The Morgan fingerprint density at radius 3 is 2.89 bits per heavy atom. The van der Waals surface area contributed by atoms with Crippen LogP contribution < -0.4 is 5.32 Å². The highest BCUT2D eigenvalue weighted by Crippen LogP contribution is 2.36. The number of rotatable bonds is 3. The van der Waals surface area contributed by atoms with Gasteiger partial charge in [0.15, 0.2) is 0 Å². The van der Waals surface area contributed by atoms with Gasteiger partial charge in [-0.1, -0.05) is 0 Å². The van der Waals surface area contributed by atoms with E-state index in [1.807, 2.05) is 17.5 Å². The number of nitrogens with one attached hydrogen (secondary N) is 1. The molecule has 2 heterocycles. The Kier molecular flexibility index (Phi) is 3.43. The average molecular weight is 265 g/mol. The molecule has 4 heteroatoms. The number of aromatic nitrogens is 1. The summed E-state index contributed by atoms with van der Waals surface area (Å²) in [6.45, 7) is 9.08. The Hall–Kier alpha value is -0.450. The summed E-state index contributed by atoms with van der Waals surface area (Å²) in [7, 11) is 0. The van der Waals surface area contributed by atoms with Crippen LogP contribution in [0.1, 0.15) is 42.6 Å². The molecule has 1 aromatic rings. The van der Waals surface area contributed by atoms with Gasteiger partial charge in [0.25, 0.3) is 0 Å². The van der Waals surface area contributed by atoms with Crippen LogP contribution in [-0.4, -0.2) is 35.1 Å². The molecule has 0 bridgehead atoms. The van der Waals surface area contributed by atoms with Crippen molar-refractivity contribution in [3.8, 4) is 0 Å². The van der Waals surface area contributed by atoms with Gasteiger partial charge in [-0.05, 0) is 39.5 Å². The third kappa shape index (κ3) is 2.46. The van der Waals surface area contributed by atoms with E-state index < -0.39 is 0 Å². The summed E-state index contributed by atoms with van der Waals surface area (Å²) >= 11 is 1.84. The fourth-order valence-corrected chi connectivity index (χ4v) is 3.82. The number of nitrogens with zero attached hydrogens (tertiary/aromatic N) is 2. The van der Waals surface area contributed by atoms with Crippen LogP contribution in [0.15, 0.2) is 6.20 Å². The molecule has 1 aromatic heterocycles. The van der Waals surface area contributed by atoms with Crippen LogP contribution >= 0.6 is 11.3 Å². The Labute approximate surface area is 114 Å². The van der Waals surface area contributed by atoms with Crippen LogP contribution in [0.2, 0.25) is 0 Å². The van der Waals surface area contributed by atoms with Crippen LogP contribution in [-0.2, 0) is 0 Å². The van der Waals surface area contributed by atoms with Crippen LogP contribution in [0.4, 0.5) is 0 Å². The maximum absolute atomic E-state index is 4.57. The zero-order valence-electron chi connectivity index (χ0n) is 11.5. The first-order valence-corrected chi connectivity index (χ1v) is 7.88. The zero-order chi connectivity index (χ0) is 12.7. The van der Waals surface area contributed by atoms with Crippen molar-refractivity contribution in [1.29, 1.82) is 0 Å². The minimum Gasteiger partial charge on any atom is -0.311 e. The normalized spacial score (nSPS) is 31.5. The smallest absolute Gasteiger partial charge is 0.110 e. The molecule has 1 saturated carbocycles. The quantitative estimate of drug-likeness (QED) is 0.910. The summed E-state index contributed by atoms with van der Waals surface area (Å²) in [6, 6.07) is 1.78. The predicted octanol–water partition coefficient (Wildman–Crippen LogP) is 2.58. The van der Waals surface area contributed by atoms with E-state index in [1.165, 1.54) is 29.3 Å². The van der Waals surface area contributed by atoms with Gasteiger partial charge in [-0.25, -0.2) is 4.98 Å². The van der Waals surface area contributed by atoms with E-state index in [-0.39, 0.29) is 0 Å². The van der Waals surface area contributed by atoms with Gasteiger partial charge >= 0.3 is 0 Å². The van der Waals surface area contributed by atoms with E-state index in [0.717, 1.165) is 12.5 Å². The molecule has 1 aliphatic carbocycles. The van der Waals surface area contributed by atoms with Crippen molar-refractivity contribution < 1.29 is 0 Å². The number of piperazine rings is 1. The van der Waals surface area contributed by atoms with Crippen LogP contribution in [0.3, 0.4) is 0 Å². The van der Waals surface area contributed by atoms with E-state index in [4.69, 9.17) is 0 Å². The molecule has 0 aromatic carbocycles. The summed E-state index contributed by atoms with van der Waals surface area (Å²) < 4.78 is 0. The maximum atomic E-state index is 4.57. The summed E-state index contributed by atoms with van der Waals surface area (Å²) in [6.07, 6.45) is 4.84. The third-order valence-electron chi connectivity index (χ3n) is 4.33. The van der Waals surface area contributed by atoms with Crippen molar-refractivity contribution in [2.45, 2.75) is 51.7 Å². The summed E-state index contributed by atoms with van der Waals surface area (Å²) in [4.78, 5) is 8.52. The fourth-order valence-electron chi connectivity index (χ4n) is 2.97. The lowest BCUT2D eigenvalue weighted by molar-refractivity contribution is 0.0923.